The SMILES string of the molecule is O=C(c1ccoc1)N1CCN(c2noc(-c3ccccc3)n2)CC1. The Morgan fingerprint density at radius 3 is 2.54 bits per heavy atom. The van der Waals surface area contributed by atoms with Crippen LogP contribution >= 0.6 is 0 Å². The number of benzene rings is 1. The summed E-state index contributed by atoms with van der Waals surface area (Å²) in [6, 6.07) is 11.3. The Bertz CT molecular complexity index is 806. The van der Waals surface area contributed by atoms with Crippen LogP contribution < -0.4 is 4.90 Å². The van der Waals surface area contributed by atoms with E-state index in [-0.39, 0.29) is 5.91 Å². The van der Waals surface area contributed by atoms with Gasteiger partial charge in [0.15, 0.2) is 0 Å². The average Bonchev–Trinajstić information content (AvgIpc) is 3.34. The Hall–Kier alpha value is -3.09. The molecule has 1 aliphatic rings. The molecule has 1 saturated heterocycles. The van der Waals surface area contributed by atoms with Crippen molar-refractivity contribution in [3.05, 3.63) is 54.5 Å². The third-order valence-electron chi connectivity index (χ3n) is 4.05. The maximum Gasteiger partial charge on any atom is 0.266 e. The minimum Gasteiger partial charge on any atom is -0.472 e. The molecular formula is C17H16N4O3. The van der Waals surface area contributed by atoms with Crippen LogP contribution in [-0.4, -0.2) is 47.1 Å². The summed E-state index contributed by atoms with van der Waals surface area (Å²) in [4.78, 5) is 20.6. The number of hydrogen-bond donors (Lipinski definition) is 0. The van der Waals surface area contributed by atoms with Crippen molar-refractivity contribution in [2.24, 2.45) is 0 Å². The number of furan rings is 1. The summed E-state index contributed by atoms with van der Waals surface area (Å²) in [7, 11) is 0. The molecular weight excluding hydrogens is 308 g/mol. The summed E-state index contributed by atoms with van der Waals surface area (Å²) >= 11 is 0. The maximum absolute atomic E-state index is 12.3. The summed E-state index contributed by atoms with van der Waals surface area (Å²) in [6.07, 6.45) is 2.98. The van der Waals surface area contributed by atoms with Crippen molar-refractivity contribution in [2.75, 3.05) is 31.1 Å². The van der Waals surface area contributed by atoms with Crippen molar-refractivity contribution in [3.63, 3.8) is 0 Å². The quantitative estimate of drug-likeness (QED) is 0.736. The molecule has 1 fully saturated rings. The summed E-state index contributed by atoms with van der Waals surface area (Å²) < 4.78 is 10.3. The number of piperazine rings is 1. The number of hydrogen-bond acceptors (Lipinski definition) is 6. The van der Waals surface area contributed by atoms with Gasteiger partial charge in [-0.05, 0) is 23.4 Å². The normalized spacial score (nSPS) is 14.8. The first-order chi connectivity index (χ1) is 11.8. The molecule has 3 aromatic rings. The lowest BCUT2D eigenvalue weighted by atomic mass is 10.2. The molecule has 1 amide bonds. The van der Waals surface area contributed by atoms with Crippen molar-refractivity contribution in [1.29, 1.82) is 0 Å². The molecule has 0 spiro atoms. The standard InChI is InChI=1S/C17H16N4O3/c22-16(14-6-11-23-12-14)20-7-9-21(10-8-20)17-18-15(24-19-17)13-4-2-1-3-5-13/h1-6,11-12H,7-10H2. The number of carbonyl (C=O) groups excluding carboxylic acids is 1. The highest BCUT2D eigenvalue weighted by Gasteiger charge is 2.25. The number of rotatable bonds is 3. The molecule has 0 radical (unpaired) electrons. The monoisotopic (exact) mass is 324 g/mol. The van der Waals surface area contributed by atoms with E-state index in [2.05, 4.69) is 10.1 Å². The maximum atomic E-state index is 12.3. The molecule has 0 bridgehead atoms. The lowest BCUT2D eigenvalue weighted by molar-refractivity contribution is 0.0745. The van der Waals surface area contributed by atoms with Gasteiger partial charge < -0.3 is 18.7 Å². The van der Waals surface area contributed by atoms with Crippen LogP contribution in [0.1, 0.15) is 10.4 Å². The molecule has 0 atom stereocenters. The molecule has 0 N–H and O–H groups in total. The largest absolute Gasteiger partial charge is 0.472 e. The van der Waals surface area contributed by atoms with Gasteiger partial charge in [0.05, 0.1) is 11.8 Å². The van der Waals surface area contributed by atoms with E-state index in [1.54, 1.807) is 11.0 Å². The van der Waals surface area contributed by atoms with Gasteiger partial charge in [-0.2, -0.15) is 4.98 Å². The third-order valence-corrected chi connectivity index (χ3v) is 4.05. The molecule has 0 saturated carbocycles. The van der Waals surface area contributed by atoms with Crippen LogP contribution in [0.15, 0.2) is 57.9 Å². The van der Waals surface area contributed by atoms with Gasteiger partial charge in [0.2, 0.25) is 0 Å². The van der Waals surface area contributed by atoms with E-state index in [1.165, 1.54) is 12.5 Å². The van der Waals surface area contributed by atoms with Crippen LogP contribution in [0.2, 0.25) is 0 Å². The van der Waals surface area contributed by atoms with Gasteiger partial charge >= 0.3 is 0 Å². The Morgan fingerprint density at radius 2 is 1.83 bits per heavy atom. The minimum absolute atomic E-state index is 0.0125. The van der Waals surface area contributed by atoms with Crippen LogP contribution in [0.25, 0.3) is 11.5 Å². The summed E-state index contributed by atoms with van der Waals surface area (Å²) in [5.74, 6) is 1.05. The van der Waals surface area contributed by atoms with E-state index >= 15 is 0 Å². The van der Waals surface area contributed by atoms with Crippen LogP contribution in [0.4, 0.5) is 5.95 Å². The summed E-state index contributed by atoms with van der Waals surface area (Å²) in [5, 5.41) is 4.06. The second-order valence-corrected chi connectivity index (χ2v) is 5.56. The number of nitrogens with zero attached hydrogens (tertiary/aromatic N) is 4. The average molecular weight is 324 g/mol. The van der Waals surface area contributed by atoms with Gasteiger partial charge in [0.25, 0.3) is 17.7 Å². The Balaban J connectivity index is 1.41. The molecule has 7 heteroatoms. The number of amides is 1. The van der Waals surface area contributed by atoms with Crippen molar-refractivity contribution in [3.8, 4) is 11.5 Å². The van der Waals surface area contributed by atoms with E-state index in [0.29, 0.717) is 43.6 Å². The van der Waals surface area contributed by atoms with Gasteiger partial charge in [0.1, 0.15) is 6.26 Å². The van der Waals surface area contributed by atoms with Gasteiger partial charge in [0, 0.05) is 31.7 Å². The van der Waals surface area contributed by atoms with Crippen molar-refractivity contribution in [2.45, 2.75) is 0 Å². The first-order valence-corrected chi connectivity index (χ1v) is 7.77. The molecule has 4 rings (SSSR count). The topological polar surface area (TPSA) is 75.6 Å². The zero-order valence-corrected chi connectivity index (χ0v) is 13.0. The molecule has 122 valence electrons. The fraction of sp³-hybridized carbons (Fsp3) is 0.235. The van der Waals surface area contributed by atoms with Gasteiger partial charge in [-0.15, -0.1) is 0 Å². The van der Waals surface area contributed by atoms with Crippen molar-refractivity contribution < 1.29 is 13.7 Å². The van der Waals surface area contributed by atoms with Crippen LogP contribution in [-0.2, 0) is 0 Å². The number of aromatic nitrogens is 2. The first kappa shape index (κ1) is 14.5. The highest BCUT2D eigenvalue weighted by atomic mass is 16.5. The van der Waals surface area contributed by atoms with E-state index < -0.39 is 0 Å². The minimum atomic E-state index is -0.0125. The molecule has 1 aliphatic heterocycles. The highest BCUT2D eigenvalue weighted by molar-refractivity contribution is 5.94. The molecule has 3 heterocycles. The molecule has 2 aromatic heterocycles. The Labute approximate surface area is 138 Å². The van der Waals surface area contributed by atoms with Gasteiger partial charge in [-0.1, -0.05) is 18.2 Å². The van der Waals surface area contributed by atoms with E-state index in [1.807, 2.05) is 35.2 Å². The smallest absolute Gasteiger partial charge is 0.266 e. The predicted octanol–water partition coefficient (Wildman–Crippen LogP) is 2.29. The summed E-state index contributed by atoms with van der Waals surface area (Å²) in [5.41, 5.74) is 1.47. The fourth-order valence-corrected chi connectivity index (χ4v) is 2.72. The lowest BCUT2D eigenvalue weighted by Crippen LogP contribution is -2.49. The number of carbonyl (C=O) groups is 1. The second-order valence-electron chi connectivity index (χ2n) is 5.56. The van der Waals surface area contributed by atoms with E-state index in [4.69, 9.17) is 8.94 Å². The summed E-state index contributed by atoms with van der Waals surface area (Å²) in [6.45, 7) is 2.55. The fourth-order valence-electron chi connectivity index (χ4n) is 2.72. The number of anilines is 1. The molecule has 0 aliphatic carbocycles. The zero-order chi connectivity index (χ0) is 16.4. The third kappa shape index (κ3) is 2.76. The molecule has 0 unspecified atom stereocenters. The Kier molecular flexibility index (Phi) is 3.74. The van der Waals surface area contributed by atoms with Crippen LogP contribution in [0.5, 0.6) is 0 Å². The molecule has 7 nitrogen and oxygen atoms in total. The van der Waals surface area contributed by atoms with Crippen molar-refractivity contribution >= 4 is 11.9 Å². The second kappa shape index (κ2) is 6.19. The van der Waals surface area contributed by atoms with E-state index in [9.17, 15) is 4.79 Å². The van der Waals surface area contributed by atoms with Gasteiger partial charge in [-0.25, -0.2) is 0 Å². The lowest BCUT2D eigenvalue weighted by Gasteiger charge is -2.33. The predicted molar refractivity (Wildman–Crippen MR) is 86.6 cm³/mol. The van der Waals surface area contributed by atoms with Crippen molar-refractivity contribution in [1.82, 2.24) is 15.0 Å². The van der Waals surface area contributed by atoms with Crippen LogP contribution in [0, 0.1) is 0 Å². The Morgan fingerprint density at radius 1 is 1.04 bits per heavy atom. The molecule has 1 aromatic carbocycles. The zero-order valence-electron chi connectivity index (χ0n) is 13.0. The molecule has 24 heavy (non-hydrogen) atoms. The van der Waals surface area contributed by atoms with Crippen LogP contribution in [0.3, 0.4) is 0 Å². The van der Waals surface area contributed by atoms with E-state index in [0.717, 1.165) is 5.56 Å². The van der Waals surface area contributed by atoms with Gasteiger partial charge in [-0.3, -0.25) is 4.79 Å². The first-order valence-electron chi connectivity index (χ1n) is 7.77. The highest BCUT2D eigenvalue weighted by Crippen LogP contribution is 2.21.